The molecule has 0 nitrogen and oxygen atoms in total. The molecule has 0 aliphatic carbocycles. The average Bonchev–Trinajstić information content (AvgIpc) is 2.63. The van der Waals surface area contributed by atoms with Gasteiger partial charge in [0.2, 0.25) is 0 Å². The monoisotopic (exact) mass is 662 g/mol. The van der Waals surface area contributed by atoms with Crippen molar-refractivity contribution in [1.29, 1.82) is 0 Å². The Kier molecular flexibility index (Phi) is 8.05. The summed E-state index contributed by atoms with van der Waals surface area (Å²) in [6, 6.07) is 15.6. The van der Waals surface area contributed by atoms with E-state index in [0.29, 0.717) is 10.0 Å². The standard InChI is InChI=1S/C22H12Br4Cl2/c23-19-10-16(4-2-14-6-8-18(28)12-22(14)26)20(24)9-15(19)3-1-13-5-7-17(27)11-21(13)25/h1-12H. The average molecular weight is 667 g/mol. The molecule has 3 aromatic carbocycles. The molecule has 0 radical (unpaired) electrons. The van der Waals surface area contributed by atoms with Crippen LogP contribution in [-0.4, -0.2) is 0 Å². The molecule has 3 aromatic rings. The van der Waals surface area contributed by atoms with Crippen molar-refractivity contribution in [2.45, 2.75) is 0 Å². The highest BCUT2D eigenvalue weighted by molar-refractivity contribution is 9.11. The summed E-state index contributed by atoms with van der Waals surface area (Å²) in [6.07, 6.45) is 8.22. The first-order valence-corrected chi connectivity index (χ1v) is 12.0. The molecule has 0 bridgehead atoms. The lowest BCUT2D eigenvalue weighted by Crippen LogP contribution is -1.83. The summed E-state index contributed by atoms with van der Waals surface area (Å²) in [5.74, 6) is 0. The number of benzene rings is 3. The fourth-order valence-corrected chi connectivity index (χ4v) is 5.08. The summed E-state index contributed by atoms with van der Waals surface area (Å²) in [6.45, 7) is 0. The zero-order valence-electron chi connectivity index (χ0n) is 14.2. The van der Waals surface area contributed by atoms with Crippen LogP contribution in [0.25, 0.3) is 24.3 Å². The van der Waals surface area contributed by atoms with Gasteiger partial charge in [-0.15, -0.1) is 0 Å². The molecule has 0 aromatic heterocycles. The molecule has 0 spiro atoms. The molecule has 142 valence electrons. The van der Waals surface area contributed by atoms with Crippen molar-refractivity contribution in [2.75, 3.05) is 0 Å². The van der Waals surface area contributed by atoms with E-state index in [0.717, 1.165) is 40.1 Å². The third-order valence-corrected chi connectivity index (χ3v) is 7.14. The highest BCUT2D eigenvalue weighted by Gasteiger charge is 2.05. The Balaban J connectivity index is 1.86. The molecule has 28 heavy (non-hydrogen) atoms. The maximum absolute atomic E-state index is 6.01. The van der Waals surface area contributed by atoms with Gasteiger partial charge in [-0.05, 0) is 58.7 Å². The summed E-state index contributed by atoms with van der Waals surface area (Å²) in [4.78, 5) is 0. The van der Waals surface area contributed by atoms with E-state index in [9.17, 15) is 0 Å². The van der Waals surface area contributed by atoms with Crippen LogP contribution in [0.2, 0.25) is 10.0 Å². The minimum atomic E-state index is 0.705. The van der Waals surface area contributed by atoms with Crippen LogP contribution in [0.5, 0.6) is 0 Å². The van der Waals surface area contributed by atoms with Crippen molar-refractivity contribution in [2.24, 2.45) is 0 Å². The minimum absolute atomic E-state index is 0.705. The number of rotatable bonds is 4. The Bertz CT molecular complexity index is 1000. The molecule has 0 saturated heterocycles. The van der Waals surface area contributed by atoms with Crippen LogP contribution in [0, 0.1) is 0 Å². The summed E-state index contributed by atoms with van der Waals surface area (Å²) >= 11 is 26.4. The highest BCUT2D eigenvalue weighted by Crippen LogP contribution is 2.31. The Morgan fingerprint density at radius 1 is 0.464 bits per heavy atom. The zero-order chi connectivity index (χ0) is 20.3. The van der Waals surface area contributed by atoms with Crippen LogP contribution in [0.15, 0.2) is 66.4 Å². The van der Waals surface area contributed by atoms with Crippen molar-refractivity contribution < 1.29 is 0 Å². The quantitative estimate of drug-likeness (QED) is 0.243. The highest BCUT2D eigenvalue weighted by atomic mass is 79.9. The van der Waals surface area contributed by atoms with E-state index in [1.807, 2.05) is 48.6 Å². The van der Waals surface area contributed by atoms with Crippen molar-refractivity contribution >= 4 is 111 Å². The molecule has 0 unspecified atom stereocenters. The first kappa shape index (κ1) is 22.3. The third kappa shape index (κ3) is 5.84. The van der Waals surface area contributed by atoms with Crippen molar-refractivity contribution in [3.05, 3.63) is 98.7 Å². The Morgan fingerprint density at radius 3 is 1.14 bits per heavy atom. The summed E-state index contributed by atoms with van der Waals surface area (Å²) in [7, 11) is 0. The van der Waals surface area contributed by atoms with Crippen LogP contribution >= 0.6 is 86.9 Å². The van der Waals surface area contributed by atoms with E-state index in [4.69, 9.17) is 23.2 Å². The predicted molar refractivity (Wildman–Crippen MR) is 138 cm³/mol. The molecule has 3 rings (SSSR count). The van der Waals surface area contributed by atoms with Gasteiger partial charge in [-0.3, -0.25) is 0 Å². The van der Waals surface area contributed by atoms with Gasteiger partial charge in [0.15, 0.2) is 0 Å². The molecule has 0 amide bonds. The summed E-state index contributed by atoms with van der Waals surface area (Å²) in [5, 5.41) is 1.41. The van der Waals surface area contributed by atoms with Crippen LogP contribution in [0.1, 0.15) is 22.3 Å². The van der Waals surface area contributed by atoms with Crippen molar-refractivity contribution in [3.8, 4) is 0 Å². The smallest absolute Gasteiger partial charge is 0.0417 e. The van der Waals surface area contributed by atoms with E-state index in [1.54, 1.807) is 0 Å². The normalized spacial score (nSPS) is 11.6. The fourth-order valence-electron chi connectivity index (χ4n) is 2.47. The lowest BCUT2D eigenvalue weighted by molar-refractivity contribution is 1.52. The third-order valence-electron chi connectivity index (χ3n) is 3.93. The Morgan fingerprint density at radius 2 is 0.786 bits per heavy atom. The Labute approximate surface area is 208 Å². The Hall–Kier alpha value is -0.360. The molecular weight excluding hydrogens is 655 g/mol. The van der Waals surface area contributed by atoms with Gasteiger partial charge in [0.25, 0.3) is 0 Å². The van der Waals surface area contributed by atoms with Crippen LogP contribution < -0.4 is 0 Å². The van der Waals surface area contributed by atoms with Crippen molar-refractivity contribution in [3.63, 3.8) is 0 Å². The molecule has 0 fully saturated rings. The predicted octanol–water partition coefficient (Wildman–Crippen LogP) is 10.4. The lowest BCUT2D eigenvalue weighted by Gasteiger charge is -2.06. The van der Waals surface area contributed by atoms with Crippen LogP contribution in [0.4, 0.5) is 0 Å². The summed E-state index contributed by atoms with van der Waals surface area (Å²) < 4.78 is 3.93. The van der Waals surface area contributed by atoms with Crippen LogP contribution in [-0.2, 0) is 0 Å². The second-order valence-corrected chi connectivity index (χ2v) is 10.2. The second-order valence-electron chi connectivity index (χ2n) is 5.89. The van der Waals surface area contributed by atoms with Gasteiger partial charge in [-0.25, -0.2) is 0 Å². The minimum Gasteiger partial charge on any atom is -0.0843 e. The first-order chi connectivity index (χ1) is 13.3. The first-order valence-electron chi connectivity index (χ1n) is 8.09. The SMILES string of the molecule is Clc1ccc(C=Cc2cc(Br)c(C=Cc3ccc(Cl)cc3Br)cc2Br)c(Br)c1. The number of halogens is 6. The molecule has 0 atom stereocenters. The van der Waals surface area contributed by atoms with Gasteiger partial charge in [0.05, 0.1) is 0 Å². The molecule has 0 N–H and O–H groups in total. The van der Waals surface area contributed by atoms with E-state index in [2.05, 4.69) is 88.0 Å². The van der Waals surface area contributed by atoms with Gasteiger partial charge in [-0.2, -0.15) is 0 Å². The van der Waals surface area contributed by atoms with Crippen molar-refractivity contribution in [1.82, 2.24) is 0 Å². The molecule has 0 aliphatic heterocycles. The van der Waals surface area contributed by atoms with Gasteiger partial charge < -0.3 is 0 Å². The molecule has 6 heteroatoms. The van der Waals surface area contributed by atoms with E-state index >= 15 is 0 Å². The topological polar surface area (TPSA) is 0 Å². The number of hydrogen-bond donors (Lipinski definition) is 0. The number of hydrogen-bond acceptors (Lipinski definition) is 0. The molecule has 0 aliphatic rings. The maximum Gasteiger partial charge on any atom is 0.0417 e. The summed E-state index contributed by atoms with van der Waals surface area (Å²) in [5.41, 5.74) is 4.25. The maximum atomic E-state index is 6.01. The van der Waals surface area contributed by atoms with Gasteiger partial charge in [0, 0.05) is 27.9 Å². The van der Waals surface area contributed by atoms with E-state index in [-0.39, 0.29) is 0 Å². The lowest BCUT2D eigenvalue weighted by atomic mass is 10.1. The van der Waals surface area contributed by atoms with Crippen LogP contribution in [0.3, 0.4) is 0 Å². The van der Waals surface area contributed by atoms with Gasteiger partial charge in [0.1, 0.15) is 0 Å². The van der Waals surface area contributed by atoms with Gasteiger partial charge in [-0.1, -0.05) is 123 Å². The van der Waals surface area contributed by atoms with E-state index in [1.165, 1.54) is 0 Å². The molecule has 0 saturated carbocycles. The van der Waals surface area contributed by atoms with Gasteiger partial charge >= 0.3 is 0 Å². The largest absolute Gasteiger partial charge is 0.0843 e. The molecule has 0 heterocycles. The molecular formula is C22H12Br4Cl2. The van der Waals surface area contributed by atoms with E-state index < -0.39 is 0 Å². The zero-order valence-corrected chi connectivity index (χ0v) is 22.1. The second kappa shape index (κ2) is 10.1. The fraction of sp³-hybridized carbons (Fsp3) is 0.